The van der Waals surface area contributed by atoms with Gasteiger partial charge in [0, 0.05) is 12.5 Å². The summed E-state index contributed by atoms with van der Waals surface area (Å²) in [7, 11) is 1.61. The van der Waals surface area contributed by atoms with Crippen LogP contribution in [0.2, 0.25) is 0 Å². The zero-order valence-corrected chi connectivity index (χ0v) is 9.77. The predicted molar refractivity (Wildman–Crippen MR) is 62.3 cm³/mol. The highest BCUT2D eigenvalue weighted by Crippen LogP contribution is 2.23. The molecule has 0 aliphatic carbocycles. The first-order valence-electron chi connectivity index (χ1n) is 5.11. The Morgan fingerprint density at radius 3 is 2.75 bits per heavy atom. The summed E-state index contributed by atoms with van der Waals surface area (Å²) >= 11 is 0. The van der Waals surface area contributed by atoms with Gasteiger partial charge in [0.05, 0.1) is 7.11 Å². The number of methoxy groups -OCH3 is 1. The van der Waals surface area contributed by atoms with E-state index in [1.54, 1.807) is 7.11 Å². The Balaban J connectivity index is 2.95. The van der Waals surface area contributed by atoms with Crippen molar-refractivity contribution in [3.8, 4) is 5.75 Å². The van der Waals surface area contributed by atoms with Gasteiger partial charge in [0.25, 0.3) is 0 Å². The Morgan fingerprint density at radius 1 is 1.44 bits per heavy atom. The number of carbonyl (C=O) groups is 1. The number of carbonyl (C=O) groups excluding carboxylic acids is 1. The highest BCUT2D eigenvalue weighted by atomic mass is 16.5. The van der Waals surface area contributed by atoms with Crippen molar-refractivity contribution in [2.75, 3.05) is 7.11 Å². The molecule has 3 nitrogen and oxygen atoms in total. The molecule has 0 radical (unpaired) electrons. The van der Waals surface area contributed by atoms with Gasteiger partial charge in [-0.25, -0.2) is 0 Å². The van der Waals surface area contributed by atoms with Crippen molar-refractivity contribution in [3.63, 3.8) is 0 Å². The van der Waals surface area contributed by atoms with E-state index >= 15 is 0 Å². The van der Waals surface area contributed by atoms with Gasteiger partial charge in [-0.2, -0.15) is 0 Å². The molecule has 1 unspecified atom stereocenters. The van der Waals surface area contributed by atoms with E-state index < -0.39 is 0 Å². The molecule has 0 fully saturated rings. The van der Waals surface area contributed by atoms with Crippen LogP contribution in [0, 0.1) is 0 Å². The first-order valence-corrected chi connectivity index (χ1v) is 5.11. The van der Waals surface area contributed by atoms with Crippen LogP contribution in [0.1, 0.15) is 25.5 Å². The monoisotopic (exact) mass is 220 g/mol. The molecule has 3 heteroatoms. The van der Waals surface area contributed by atoms with Crippen molar-refractivity contribution in [2.45, 2.75) is 20.0 Å². The summed E-state index contributed by atoms with van der Waals surface area (Å²) in [6, 6.07) is 7.47. The van der Waals surface area contributed by atoms with Crippen molar-refractivity contribution < 1.29 is 14.3 Å². The van der Waals surface area contributed by atoms with Crippen molar-refractivity contribution in [2.24, 2.45) is 0 Å². The van der Waals surface area contributed by atoms with E-state index in [-0.39, 0.29) is 12.1 Å². The number of rotatable bonds is 4. The van der Waals surface area contributed by atoms with E-state index in [9.17, 15) is 4.79 Å². The Morgan fingerprint density at radius 2 is 2.19 bits per heavy atom. The molecule has 0 aliphatic rings. The molecule has 0 saturated heterocycles. The van der Waals surface area contributed by atoms with Crippen LogP contribution in [0.25, 0.3) is 0 Å². The van der Waals surface area contributed by atoms with Crippen LogP contribution < -0.4 is 4.74 Å². The predicted octanol–water partition coefficient (Wildman–Crippen LogP) is 2.88. The van der Waals surface area contributed by atoms with Crippen molar-refractivity contribution in [1.29, 1.82) is 0 Å². The smallest absolute Gasteiger partial charge is 0.303 e. The number of hydrogen-bond acceptors (Lipinski definition) is 3. The third-order valence-electron chi connectivity index (χ3n) is 2.08. The first-order chi connectivity index (χ1) is 7.67. The Labute approximate surface area is 95.7 Å². The number of benzene rings is 1. The van der Waals surface area contributed by atoms with Crippen molar-refractivity contribution in [3.05, 3.63) is 42.0 Å². The fourth-order valence-electron chi connectivity index (χ4n) is 1.39. The number of ether oxygens (including phenoxy) is 2. The third kappa shape index (κ3) is 3.42. The molecule has 1 atom stereocenters. The first kappa shape index (κ1) is 12.3. The molecule has 0 N–H and O–H groups in total. The van der Waals surface area contributed by atoms with Crippen LogP contribution >= 0.6 is 0 Å². The second kappa shape index (κ2) is 5.95. The van der Waals surface area contributed by atoms with Gasteiger partial charge in [-0.15, -0.1) is 0 Å². The van der Waals surface area contributed by atoms with Crippen LogP contribution in [-0.2, 0) is 9.53 Å². The minimum atomic E-state index is -0.349. The largest absolute Gasteiger partial charge is 0.497 e. The van der Waals surface area contributed by atoms with E-state index in [0.29, 0.717) is 0 Å². The maximum atomic E-state index is 11.0. The summed E-state index contributed by atoms with van der Waals surface area (Å²) in [5.74, 6) is 0.449. The summed E-state index contributed by atoms with van der Waals surface area (Å²) in [6.07, 6.45) is 3.33. The second-order valence-electron chi connectivity index (χ2n) is 3.33. The lowest BCUT2D eigenvalue weighted by molar-refractivity contribution is -0.144. The van der Waals surface area contributed by atoms with Gasteiger partial charge in [0.1, 0.15) is 11.9 Å². The van der Waals surface area contributed by atoms with Crippen LogP contribution in [0.5, 0.6) is 5.75 Å². The molecule has 0 heterocycles. The minimum Gasteiger partial charge on any atom is -0.497 e. The van der Waals surface area contributed by atoms with Gasteiger partial charge in [0.15, 0.2) is 0 Å². The quantitative estimate of drug-likeness (QED) is 0.578. The van der Waals surface area contributed by atoms with E-state index in [0.717, 1.165) is 11.3 Å². The van der Waals surface area contributed by atoms with Gasteiger partial charge in [-0.05, 0) is 25.1 Å². The molecule has 0 bridgehead atoms. The summed E-state index contributed by atoms with van der Waals surface area (Å²) in [5, 5.41) is 0. The Kier molecular flexibility index (Phi) is 4.58. The fraction of sp³-hybridized carbons (Fsp3) is 0.308. The molecule has 0 saturated carbocycles. The van der Waals surface area contributed by atoms with Crippen LogP contribution in [0.4, 0.5) is 0 Å². The Hall–Kier alpha value is -1.77. The summed E-state index contributed by atoms with van der Waals surface area (Å²) in [4.78, 5) is 11.0. The number of allylic oxidation sites excluding steroid dienone is 1. The lowest BCUT2D eigenvalue weighted by Crippen LogP contribution is -2.06. The number of hydrogen-bond donors (Lipinski definition) is 0. The van der Waals surface area contributed by atoms with E-state index in [4.69, 9.17) is 9.47 Å². The fourth-order valence-corrected chi connectivity index (χ4v) is 1.39. The maximum Gasteiger partial charge on any atom is 0.303 e. The molecular weight excluding hydrogens is 204 g/mol. The van der Waals surface area contributed by atoms with E-state index in [1.165, 1.54) is 6.92 Å². The van der Waals surface area contributed by atoms with Gasteiger partial charge in [-0.3, -0.25) is 4.79 Å². The zero-order valence-electron chi connectivity index (χ0n) is 9.77. The third-order valence-corrected chi connectivity index (χ3v) is 2.08. The zero-order chi connectivity index (χ0) is 12.0. The molecule has 0 amide bonds. The molecule has 16 heavy (non-hydrogen) atoms. The lowest BCUT2D eigenvalue weighted by atomic mass is 10.1. The van der Waals surface area contributed by atoms with Crippen molar-refractivity contribution >= 4 is 5.97 Å². The van der Waals surface area contributed by atoms with E-state index in [1.807, 2.05) is 43.3 Å². The average molecular weight is 220 g/mol. The number of esters is 1. The van der Waals surface area contributed by atoms with Crippen LogP contribution in [-0.4, -0.2) is 13.1 Å². The SMILES string of the molecule is C/C=C/C(OC(C)=O)c1cccc(OC)c1. The van der Waals surface area contributed by atoms with Gasteiger partial charge in [-0.1, -0.05) is 18.2 Å². The molecule has 1 aromatic rings. The molecule has 1 aromatic carbocycles. The highest BCUT2D eigenvalue weighted by molar-refractivity contribution is 5.66. The molecular formula is C13H16O3. The van der Waals surface area contributed by atoms with Crippen LogP contribution in [0.15, 0.2) is 36.4 Å². The van der Waals surface area contributed by atoms with Gasteiger partial charge in [0.2, 0.25) is 0 Å². The van der Waals surface area contributed by atoms with Gasteiger partial charge < -0.3 is 9.47 Å². The standard InChI is InChI=1S/C13H16O3/c1-4-6-13(16-10(2)14)11-7-5-8-12(9-11)15-3/h4-9,13H,1-3H3/b6-4+. The van der Waals surface area contributed by atoms with Crippen molar-refractivity contribution in [1.82, 2.24) is 0 Å². The lowest BCUT2D eigenvalue weighted by Gasteiger charge is -2.14. The summed E-state index contributed by atoms with van der Waals surface area (Å²) in [5.41, 5.74) is 0.896. The van der Waals surface area contributed by atoms with Crippen LogP contribution in [0.3, 0.4) is 0 Å². The highest BCUT2D eigenvalue weighted by Gasteiger charge is 2.11. The summed E-state index contributed by atoms with van der Waals surface area (Å²) < 4.78 is 10.3. The summed E-state index contributed by atoms with van der Waals surface area (Å²) in [6.45, 7) is 3.29. The Bertz CT molecular complexity index is 383. The van der Waals surface area contributed by atoms with E-state index in [2.05, 4.69) is 0 Å². The molecule has 1 rings (SSSR count). The minimum absolute atomic E-state index is 0.300. The average Bonchev–Trinajstić information content (AvgIpc) is 2.28. The topological polar surface area (TPSA) is 35.5 Å². The normalized spacial score (nSPS) is 12.4. The molecule has 86 valence electrons. The maximum absolute atomic E-state index is 11.0. The molecule has 0 spiro atoms. The van der Waals surface area contributed by atoms with Gasteiger partial charge >= 0.3 is 5.97 Å². The molecule has 0 aliphatic heterocycles. The second-order valence-corrected chi connectivity index (χ2v) is 3.33. The molecule has 0 aromatic heterocycles.